The van der Waals surface area contributed by atoms with Crippen molar-refractivity contribution in [2.24, 2.45) is 0 Å². The molecular weight excluding hydrogens is 412 g/mol. The van der Waals surface area contributed by atoms with E-state index in [4.69, 9.17) is 0 Å². The van der Waals surface area contributed by atoms with Gasteiger partial charge in [-0.1, -0.05) is 100 Å². The van der Waals surface area contributed by atoms with Gasteiger partial charge in [0.05, 0.1) is 11.1 Å². The van der Waals surface area contributed by atoms with Gasteiger partial charge in [0.15, 0.2) is 0 Å². The van der Waals surface area contributed by atoms with Crippen LogP contribution in [0, 0.1) is 22.7 Å². The molecule has 0 aromatic heterocycles. The van der Waals surface area contributed by atoms with E-state index in [0.717, 1.165) is 56.1 Å². The predicted octanol–water partition coefficient (Wildman–Crippen LogP) is 8.35. The molecule has 3 aromatic rings. The van der Waals surface area contributed by atoms with E-state index < -0.39 is 0 Å². The van der Waals surface area contributed by atoms with Crippen molar-refractivity contribution >= 4 is 0 Å². The minimum atomic E-state index is 0.561. The van der Waals surface area contributed by atoms with Gasteiger partial charge < -0.3 is 0 Å². The summed E-state index contributed by atoms with van der Waals surface area (Å²) in [4.78, 5) is 0. The maximum absolute atomic E-state index is 9.86. The highest BCUT2D eigenvalue weighted by molar-refractivity contribution is 5.68. The number of hydrogen-bond donors (Lipinski definition) is 0. The first-order valence-corrected chi connectivity index (χ1v) is 12.8. The Balaban J connectivity index is 1.78. The molecule has 0 saturated carbocycles. The fourth-order valence-electron chi connectivity index (χ4n) is 4.65. The summed E-state index contributed by atoms with van der Waals surface area (Å²) in [6, 6.07) is 26.3. The molecule has 2 nitrogen and oxygen atoms in total. The maximum Gasteiger partial charge on any atom is 0.101 e. The fourth-order valence-corrected chi connectivity index (χ4v) is 4.65. The number of aryl methyl sites for hydroxylation is 4. The maximum atomic E-state index is 9.86. The summed E-state index contributed by atoms with van der Waals surface area (Å²) < 4.78 is 0. The SMILES string of the molecule is CCCCCc1ccc(-c2ccccc2CCc2ccc(CCCCC)c(C#N)c2C#N)cc1. The first-order valence-electron chi connectivity index (χ1n) is 12.8. The third-order valence-electron chi connectivity index (χ3n) is 6.67. The summed E-state index contributed by atoms with van der Waals surface area (Å²) >= 11 is 0. The molecular formula is C32H36N2. The van der Waals surface area contributed by atoms with Crippen molar-refractivity contribution < 1.29 is 0 Å². The van der Waals surface area contributed by atoms with E-state index in [1.165, 1.54) is 41.5 Å². The van der Waals surface area contributed by atoms with E-state index in [1.807, 2.05) is 0 Å². The molecule has 0 bridgehead atoms. The minimum Gasteiger partial charge on any atom is -0.192 e. The highest BCUT2D eigenvalue weighted by Gasteiger charge is 2.14. The van der Waals surface area contributed by atoms with Crippen molar-refractivity contribution in [1.29, 1.82) is 10.5 Å². The van der Waals surface area contributed by atoms with Gasteiger partial charge in [0.1, 0.15) is 12.1 Å². The van der Waals surface area contributed by atoms with Crippen LogP contribution in [0.2, 0.25) is 0 Å². The standard InChI is InChI=1S/C32H36N2/c1-3-5-7-11-25-15-17-28(18-16-25)30-14-10-9-13-26(30)19-21-29-22-20-27(12-8-6-4-2)31(23-33)32(29)24-34/h9-10,13-18,20,22H,3-8,11-12,19,21H2,1-2H3. The van der Waals surface area contributed by atoms with Gasteiger partial charge in [-0.15, -0.1) is 0 Å². The van der Waals surface area contributed by atoms with Crippen LogP contribution in [0.3, 0.4) is 0 Å². The van der Waals surface area contributed by atoms with Gasteiger partial charge >= 0.3 is 0 Å². The quantitative estimate of drug-likeness (QED) is 0.261. The van der Waals surface area contributed by atoms with Crippen molar-refractivity contribution in [3.05, 3.63) is 94.0 Å². The Bertz CT molecular complexity index is 1140. The van der Waals surface area contributed by atoms with Crippen LogP contribution >= 0.6 is 0 Å². The molecule has 0 aliphatic rings. The minimum absolute atomic E-state index is 0.561. The van der Waals surface area contributed by atoms with Crippen LogP contribution in [-0.4, -0.2) is 0 Å². The number of rotatable bonds is 12. The average molecular weight is 449 g/mol. The van der Waals surface area contributed by atoms with Gasteiger partial charge in [-0.05, 0) is 71.9 Å². The molecule has 34 heavy (non-hydrogen) atoms. The summed E-state index contributed by atoms with van der Waals surface area (Å²) in [5.74, 6) is 0. The van der Waals surface area contributed by atoms with Crippen LogP contribution in [-0.2, 0) is 25.7 Å². The second kappa shape index (κ2) is 13.4. The zero-order valence-corrected chi connectivity index (χ0v) is 20.7. The van der Waals surface area contributed by atoms with E-state index in [1.54, 1.807) is 0 Å². The zero-order chi connectivity index (χ0) is 24.2. The van der Waals surface area contributed by atoms with Gasteiger partial charge in [-0.3, -0.25) is 0 Å². The normalized spacial score (nSPS) is 10.6. The van der Waals surface area contributed by atoms with Crippen LogP contribution in [0.15, 0.2) is 60.7 Å². The van der Waals surface area contributed by atoms with Crippen LogP contribution in [0.5, 0.6) is 0 Å². The van der Waals surface area contributed by atoms with Crippen molar-refractivity contribution in [3.63, 3.8) is 0 Å². The molecule has 0 aliphatic carbocycles. The number of hydrogen-bond acceptors (Lipinski definition) is 2. The summed E-state index contributed by atoms with van der Waals surface area (Å²) in [7, 11) is 0. The second-order valence-electron chi connectivity index (χ2n) is 9.13. The Labute approximate surface area is 205 Å². The molecule has 0 aliphatic heterocycles. The summed E-state index contributed by atoms with van der Waals surface area (Å²) in [6.07, 6.45) is 10.7. The summed E-state index contributed by atoms with van der Waals surface area (Å²) in [5.41, 5.74) is 8.27. The molecule has 3 rings (SSSR count). The molecule has 0 radical (unpaired) electrons. The lowest BCUT2D eigenvalue weighted by atomic mass is 9.90. The highest BCUT2D eigenvalue weighted by atomic mass is 14.3. The monoisotopic (exact) mass is 448 g/mol. The number of nitrogens with zero attached hydrogens (tertiary/aromatic N) is 2. The van der Waals surface area contributed by atoms with Crippen LogP contribution in [0.4, 0.5) is 0 Å². The van der Waals surface area contributed by atoms with E-state index in [9.17, 15) is 10.5 Å². The first kappa shape index (κ1) is 25.3. The molecule has 3 aromatic carbocycles. The lowest BCUT2D eigenvalue weighted by Crippen LogP contribution is -2.02. The van der Waals surface area contributed by atoms with Crippen molar-refractivity contribution in [1.82, 2.24) is 0 Å². The van der Waals surface area contributed by atoms with Crippen molar-refractivity contribution in [3.8, 4) is 23.3 Å². The van der Waals surface area contributed by atoms with E-state index in [2.05, 4.69) is 86.6 Å². The molecule has 0 spiro atoms. The first-order chi connectivity index (χ1) is 16.7. The fraction of sp³-hybridized carbons (Fsp3) is 0.375. The molecule has 0 fully saturated rings. The van der Waals surface area contributed by atoms with Gasteiger partial charge in [-0.25, -0.2) is 0 Å². The molecule has 0 heterocycles. The van der Waals surface area contributed by atoms with Gasteiger partial charge in [0, 0.05) is 0 Å². The Kier molecular flexibility index (Phi) is 9.94. The highest BCUT2D eigenvalue weighted by Crippen LogP contribution is 2.27. The molecule has 2 heteroatoms. The molecule has 0 unspecified atom stereocenters. The Hall–Kier alpha value is -3.36. The van der Waals surface area contributed by atoms with Crippen LogP contribution in [0.25, 0.3) is 11.1 Å². The van der Waals surface area contributed by atoms with Crippen LogP contribution < -0.4 is 0 Å². The lowest BCUT2D eigenvalue weighted by molar-refractivity contribution is 0.716. The van der Waals surface area contributed by atoms with Gasteiger partial charge in [-0.2, -0.15) is 10.5 Å². The van der Waals surface area contributed by atoms with E-state index >= 15 is 0 Å². The Morgan fingerprint density at radius 1 is 0.559 bits per heavy atom. The molecule has 0 saturated heterocycles. The summed E-state index contributed by atoms with van der Waals surface area (Å²) in [6.45, 7) is 4.41. The molecule has 174 valence electrons. The zero-order valence-electron chi connectivity index (χ0n) is 20.7. The molecule has 0 amide bonds. The lowest BCUT2D eigenvalue weighted by Gasteiger charge is -2.13. The number of benzene rings is 3. The van der Waals surface area contributed by atoms with Gasteiger partial charge in [0.25, 0.3) is 0 Å². The van der Waals surface area contributed by atoms with Gasteiger partial charge in [0.2, 0.25) is 0 Å². The van der Waals surface area contributed by atoms with E-state index in [0.29, 0.717) is 11.1 Å². The largest absolute Gasteiger partial charge is 0.192 e. The average Bonchev–Trinajstić information content (AvgIpc) is 2.88. The number of nitriles is 2. The van der Waals surface area contributed by atoms with Crippen LogP contribution in [0.1, 0.15) is 85.8 Å². The van der Waals surface area contributed by atoms with Crippen molar-refractivity contribution in [2.45, 2.75) is 78.1 Å². The third kappa shape index (κ3) is 6.59. The van der Waals surface area contributed by atoms with Crippen molar-refractivity contribution in [2.75, 3.05) is 0 Å². The van der Waals surface area contributed by atoms with E-state index in [-0.39, 0.29) is 0 Å². The molecule has 0 N–H and O–H groups in total. The number of unbranched alkanes of at least 4 members (excludes halogenated alkanes) is 4. The smallest absolute Gasteiger partial charge is 0.101 e. The third-order valence-corrected chi connectivity index (χ3v) is 6.67. The Morgan fingerprint density at radius 2 is 1.12 bits per heavy atom. The summed E-state index contributed by atoms with van der Waals surface area (Å²) in [5, 5.41) is 19.6. The predicted molar refractivity (Wildman–Crippen MR) is 142 cm³/mol. The topological polar surface area (TPSA) is 47.6 Å². The molecule has 0 atom stereocenters. The Morgan fingerprint density at radius 3 is 1.74 bits per heavy atom. The second-order valence-corrected chi connectivity index (χ2v) is 9.13.